The Kier molecular flexibility index (Phi) is 4.92. The van der Waals surface area contributed by atoms with Crippen LogP contribution in [0.4, 0.5) is 0 Å². The summed E-state index contributed by atoms with van der Waals surface area (Å²) in [5, 5.41) is 2.99. The smallest absolute Gasteiger partial charge is 0.249 e. The van der Waals surface area contributed by atoms with E-state index >= 15 is 0 Å². The third-order valence-electron chi connectivity index (χ3n) is 3.11. The molecule has 0 unspecified atom stereocenters. The standard InChI is InChI=1S/C13H16ClN3O3/c14-11-4-3-8(7-16-11)6-9(12(15)18)17-13(19)10-2-1-5-20-10/h3-4,7,9-10H,1-2,5-6H2,(H2,15,18)(H,17,19)/t9-,10-/m1/s1. The van der Waals surface area contributed by atoms with Crippen LogP contribution >= 0.6 is 11.6 Å². The summed E-state index contributed by atoms with van der Waals surface area (Å²) in [7, 11) is 0. The molecule has 1 aliphatic heterocycles. The lowest BCUT2D eigenvalue weighted by Crippen LogP contribution is -2.49. The van der Waals surface area contributed by atoms with E-state index in [9.17, 15) is 9.59 Å². The molecule has 0 saturated carbocycles. The minimum absolute atomic E-state index is 0.276. The van der Waals surface area contributed by atoms with Gasteiger partial charge in [-0.3, -0.25) is 9.59 Å². The molecule has 0 bridgehead atoms. The Bertz CT molecular complexity index is 486. The van der Waals surface area contributed by atoms with Crippen LogP contribution in [-0.2, 0) is 20.7 Å². The average molecular weight is 298 g/mol. The van der Waals surface area contributed by atoms with Crippen LogP contribution in [-0.4, -0.2) is 35.6 Å². The van der Waals surface area contributed by atoms with Crippen molar-refractivity contribution in [2.24, 2.45) is 5.73 Å². The van der Waals surface area contributed by atoms with Crippen LogP contribution in [0.1, 0.15) is 18.4 Å². The lowest BCUT2D eigenvalue weighted by atomic mass is 10.1. The second-order valence-electron chi connectivity index (χ2n) is 4.66. The van der Waals surface area contributed by atoms with Crippen LogP contribution < -0.4 is 11.1 Å². The van der Waals surface area contributed by atoms with Crippen molar-refractivity contribution < 1.29 is 14.3 Å². The third-order valence-corrected chi connectivity index (χ3v) is 3.33. The Balaban J connectivity index is 1.98. The van der Waals surface area contributed by atoms with Crippen LogP contribution in [0.15, 0.2) is 18.3 Å². The molecule has 2 heterocycles. The number of carbonyl (C=O) groups excluding carboxylic acids is 2. The van der Waals surface area contributed by atoms with Crippen molar-refractivity contribution in [1.29, 1.82) is 0 Å². The van der Waals surface area contributed by atoms with E-state index in [-0.39, 0.29) is 12.3 Å². The van der Waals surface area contributed by atoms with Crippen LogP contribution in [0, 0.1) is 0 Å². The van der Waals surface area contributed by atoms with E-state index in [1.807, 2.05) is 0 Å². The van der Waals surface area contributed by atoms with Gasteiger partial charge in [0.25, 0.3) is 0 Å². The van der Waals surface area contributed by atoms with E-state index in [1.54, 1.807) is 18.3 Å². The summed E-state index contributed by atoms with van der Waals surface area (Å²) in [5.74, 6) is -0.889. The van der Waals surface area contributed by atoms with E-state index in [2.05, 4.69) is 10.3 Å². The van der Waals surface area contributed by atoms with Gasteiger partial charge in [0.05, 0.1) is 0 Å². The number of aromatic nitrogens is 1. The molecule has 6 nitrogen and oxygen atoms in total. The van der Waals surface area contributed by atoms with E-state index in [0.29, 0.717) is 18.2 Å². The SMILES string of the molecule is NC(=O)[C@@H](Cc1ccc(Cl)nc1)NC(=O)[C@H]1CCCO1. The van der Waals surface area contributed by atoms with Gasteiger partial charge in [0.2, 0.25) is 11.8 Å². The fourth-order valence-electron chi connectivity index (χ4n) is 2.03. The largest absolute Gasteiger partial charge is 0.368 e. The molecule has 1 aromatic rings. The van der Waals surface area contributed by atoms with E-state index in [4.69, 9.17) is 22.1 Å². The Morgan fingerprint density at radius 1 is 1.55 bits per heavy atom. The lowest BCUT2D eigenvalue weighted by molar-refractivity contribution is -0.133. The van der Waals surface area contributed by atoms with Crippen molar-refractivity contribution in [3.05, 3.63) is 29.0 Å². The van der Waals surface area contributed by atoms with Gasteiger partial charge in [-0.25, -0.2) is 4.98 Å². The van der Waals surface area contributed by atoms with Gasteiger partial charge in [-0.05, 0) is 24.5 Å². The van der Waals surface area contributed by atoms with Crippen molar-refractivity contribution in [3.8, 4) is 0 Å². The molecular formula is C13H16ClN3O3. The topological polar surface area (TPSA) is 94.3 Å². The highest BCUT2D eigenvalue weighted by molar-refractivity contribution is 6.29. The summed E-state index contributed by atoms with van der Waals surface area (Å²) < 4.78 is 5.27. The van der Waals surface area contributed by atoms with Crippen molar-refractivity contribution in [2.45, 2.75) is 31.4 Å². The summed E-state index contributed by atoms with van der Waals surface area (Å²) in [4.78, 5) is 27.3. The number of nitrogens with one attached hydrogen (secondary N) is 1. The van der Waals surface area contributed by atoms with Crippen molar-refractivity contribution in [1.82, 2.24) is 10.3 Å². The first kappa shape index (κ1) is 14.7. The van der Waals surface area contributed by atoms with Gasteiger partial charge < -0.3 is 15.8 Å². The number of carbonyl (C=O) groups is 2. The predicted octanol–water partition coefficient (Wildman–Crippen LogP) is 0.427. The quantitative estimate of drug-likeness (QED) is 0.770. The second-order valence-corrected chi connectivity index (χ2v) is 5.05. The number of hydrogen-bond donors (Lipinski definition) is 2. The normalized spacial score (nSPS) is 19.6. The van der Waals surface area contributed by atoms with Crippen molar-refractivity contribution >= 4 is 23.4 Å². The number of halogens is 1. The number of rotatable bonds is 5. The minimum Gasteiger partial charge on any atom is -0.368 e. The molecule has 2 atom stereocenters. The van der Waals surface area contributed by atoms with Gasteiger partial charge in [0, 0.05) is 19.2 Å². The van der Waals surface area contributed by atoms with Crippen LogP contribution in [0.3, 0.4) is 0 Å². The van der Waals surface area contributed by atoms with E-state index < -0.39 is 18.1 Å². The highest BCUT2D eigenvalue weighted by Crippen LogP contribution is 2.13. The first-order valence-corrected chi connectivity index (χ1v) is 6.76. The Morgan fingerprint density at radius 2 is 2.35 bits per heavy atom. The number of nitrogens with zero attached hydrogens (tertiary/aromatic N) is 1. The Labute approximate surface area is 121 Å². The molecule has 2 rings (SSSR count). The zero-order valence-corrected chi connectivity index (χ0v) is 11.6. The van der Waals surface area contributed by atoms with Gasteiger partial charge in [0.15, 0.2) is 0 Å². The van der Waals surface area contributed by atoms with Gasteiger partial charge in [-0.15, -0.1) is 0 Å². The summed E-state index contributed by atoms with van der Waals surface area (Å²) in [6.45, 7) is 0.570. The molecule has 3 N–H and O–H groups in total. The molecule has 0 aromatic carbocycles. The van der Waals surface area contributed by atoms with Gasteiger partial charge in [0.1, 0.15) is 17.3 Å². The Morgan fingerprint density at radius 3 is 2.90 bits per heavy atom. The highest BCUT2D eigenvalue weighted by Gasteiger charge is 2.27. The minimum atomic E-state index is -0.783. The molecule has 0 aliphatic carbocycles. The van der Waals surface area contributed by atoms with E-state index in [1.165, 1.54) is 0 Å². The number of primary amides is 1. The number of nitrogens with two attached hydrogens (primary N) is 1. The second kappa shape index (κ2) is 6.67. The maximum absolute atomic E-state index is 11.9. The van der Waals surface area contributed by atoms with E-state index in [0.717, 1.165) is 12.0 Å². The summed E-state index contributed by atoms with van der Waals surface area (Å²) in [5.41, 5.74) is 6.09. The predicted molar refractivity (Wildman–Crippen MR) is 73.1 cm³/mol. The highest BCUT2D eigenvalue weighted by atomic mass is 35.5. The number of hydrogen-bond acceptors (Lipinski definition) is 4. The maximum atomic E-state index is 11.9. The molecule has 0 spiro atoms. The Hall–Kier alpha value is -1.66. The van der Waals surface area contributed by atoms with Gasteiger partial charge >= 0.3 is 0 Å². The average Bonchev–Trinajstić information content (AvgIpc) is 2.94. The zero-order chi connectivity index (χ0) is 14.5. The number of amides is 2. The molecule has 1 aromatic heterocycles. The molecule has 108 valence electrons. The van der Waals surface area contributed by atoms with Crippen molar-refractivity contribution in [3.63, 3.8) is 0 Å². The number of pyridine rings is 1. The monoisotopic (exact) mass is 297 g/mol. The molecule has 1 saturated heterocycles. The molecule has 7 heteroatoms. The maximum Gasteiger partial charge on any atom is 0.249 e. The summed E-state index contributed by atoms with van der Waals surface area (Å²) in [6, 6.07) is 2.58. The van der Waals surface area contributed by atoms with Crippen LogP contribution in [0.5, 0.6) is 0 Å². The number of ether oxygens (including phenoxy) is 1. The first-order chi connectivity index (χ1) is 9.56. The fraction of sp³-hybridized carbons (Fsp3) is 0.462. The molecule has 1 fully saturated rings. The van der Waals surface area contributed by atoms with Crippen LogP contribution in [0.25, 0.3) is 0 Å². The fourth-order valence-corrected chi connectivity index (χ4v) is 2.15. The zero-order valence-electron chi connectivity index (χ0n) is 10.8. The summed E-state index contributed by atoms with van der Waals surface area (Å²) in [6.07, 6.45) is 2.86. The van der Waals surface area contributed by atoms with Crippen molar-refractivity contribution in [2.75, 3.05) is 6.61 Å². The first-order valence-electron chi connectivity index (χ1n) is 6.38. The molecule has 20 heavy (non-hydrogen) atoms. The van der Waals surface area contributed by atoms with Gasteiger partial charge in [-0.1, -0.05) is 17.7 Å². The molecule has 1 aliphatic rings. The molecule has 2 amide bonds. The summed E-state index contributed by atoms with van der Waals surface area (Å²) >= 11 is 5.69. The molecular weight excluding hydrogens is 282 g/mol. The van der Waals surface area contributed by atoms with Gasteiger partial charge in [-0.2, -0.15) is 0 Å². The van der Waals surface area contributed by atoms with Crippen LogP contribution in [0.2, 0.25) is 5.15 Å². The molecule has 0 radical (unpaired) electrons. The third kappa shape index (κ3) is 3.91. The lowest BCUT2D eigenvalue weighted by Gasteiger charge is -2.17.